The van der Waals surface area contributed by atoms with Crippen LogP contribution in [0.1, 0.15) is 17.0 Å². The third-order valence-corrected chi connectivity index (χ3v) is 2.87. The Kier molecular flexibility index (Phi) is 4.60. The van der Waals surface area contributed by atoms with Crippen LogP contribution in [0.4, 0.5) is 0 Å². The number of terminal acetylenes is 1. The normalized spacial score (nSPS) is 11.6. The molecule has 1 atom stereocenters. The zero-order chi connectivity index (χ0) is 13.5. The summed E-state index contributed by atoms with van der Waals surface area (Å²) in [7, 11) is 0. The summed E-state index contributed by atoms with van der Waals surface area (Å²) in [6, 6.07) is 17.7. The number of aliphatic hydroxyl groups is 1. The molecule has 0 amide bonds. The first kappa shape index (κ1) is 13.2. The lowest BCUT2D eigenvalue weighted by Crippen LogP contribution is -2.02. The van der Waals surface area contributed by atoms with Crippen molar-refractivity contribution in [2.75, 3.05) is 13.2 Å². The Labute approximate surface area is 113 Å². The highest BCUT2D eigenvalue weighted by atomic mass is 16.5. The molecule has 0 aliphatic heterocycles. The van der Waals surface area contributed by atoms with E-state index in [0.29, 0.717) is 6.61 Å². The van der Waals surface area contributed by atoms with Gasteiger partial charge in [-0.3, -0.25) is 0 Å². The Morgan fingerprint density at radius 3 is 2.21 bits per heavy atom. The Balaban J connectivity index is 2.18. The molecular weight excluding hydrogens is 236 g/mol. The molecule has 0 saturated carbocycles. The smallest absolute Gasteiger partial charge is 0.119 e. The van der Waals surface area contributed by atoms with E-state index < -0.39 is 0 Å². The van der Waals surface area contributed by atoms with Crippen LogP contribution in [-0.4, -0.2) is 18.3 Å². The highest BCUT2D eigenvalue weighted by Crippen LogP contribution is 2.25. The van der Waals surface area contributed by atoms with Crippen LogP contribution in [0.3, 0.4) is 0 Å². The van der Waals surface area contributed by atoms with Gasteiger partial charge in [0.05, 0.1) is 12.5 Å². The average Bonchev–Trinajstić information content (AvgIpc) is 2.48. The Hall–Kier alpha value is -2.24. The van der Waals surface area contributed by atoms with Gasteiger partial charge in [0.1, 0.15) is 12.4 Å². The fourth-order valence-electron chi connectivity index (χ4n) is 1.95. The molecule has 0 aliphatic rings. The second-order valence-electron chi connectivity index (χ2n) is 4.15. The van der Waals surface area contributed by atoms with Crippen LogP contribution >= 0.6 is 0 Å². The molecule has 0 bridgehead atoms. The van der Waals surface area contributed by atoms with Crippen LogP contribution in [0.25, 0.3) is 0 Å². The minimum Gasteiger partial charge on any atom is -0.491 e. The molecule has 96 valence electrons. The monoisotopic (exact) mass is 252 g/mol. The van der Waals surface area contributed by atoms with E-state index in [1.165, 1.54) is 0 Å². The zero-order valence-corrected chi connectivity index (χ0v) is 10.6. The van der Waals surface area contributed by atoms with Crippen molar-refractivity contribution in [3.8, 4) is 18.1 Å². The van der Waals surface area contributed by atoms with Gasteiger partial charge in [0.25, 0.3) is 0 Å². The minimum atomic E-state index is -0.0481. The average molecular weight is 252 g/mol. The van der Waals surface area contributed by atoms with Gasteiger partial charge in [-0.25, -0.2) is 0 Å². The molecule has 0 radical (unpaired) electrons. The van der Waals surface area contributed by atoms with Gasteiger partial charge < -0.3 is 9.84 Å². The fraction of sp³-hybridized carbons (Fsp3) is 0.176. The lowest BCUT2D eigenvalue weighted by atomic mass is 9.92. The molecule has 1 N–H and O–H groups in total. The first-order valence-electron chi connectivity index (χ1n) is 6.20. The molecule has 0 aromatic heterocycles. The number of benzene rings is 2. The van der Waals surface area contributed by atoms with Crippen LogP contribution in [-0.2, 0) is 0 Å². The first-order chi connectivity index (χ1) is 9.35. The molecule has 0 heterocycles. The molecule has 2 nitrogen and oxygen atoms in total. The van der Waals surface area contributed by atoms with Crippen LogP contribution < -0.4 is 4.74 Å². The van der Waals surface area contributed by atoms with Crippen molar-refractivity contribution in [3.63, 3.8) is 0 Å². The van der Waals surface area contributed by atoms with Gasteiger partial charge in [-0.05, 0) is 23.3 Å². The van der Waals surface area contributed by atoms with E-state index in [1.807, 2.05) is 54.6 Å². The summed E-state index contributed by atoms with van der Waals surface area (Å²) < 4.78 is 5.33. The number of hydrogen-bond donors (Lipinski definition) is 1. The molecule has 0 spiro atoms. The number of ether oxygens (including phenoxy) is 1. The Bertz CT molecular complexity index is 538. The molecule has 2 rings (SSSR count). The zero-order valence-electron chi connectivity index (χ0n) is 10.6. The van der Waals surface area contributed by atoms with Crippen molar-refractivity contribution >= 4 is 0 Å². The maximum absolute atomic E-state index is 8.71. The third kappa shape index (κ3) is 3.37. The van der Waals surface area contributed by atoms with Gasteiger partial charge in [0, 0.05) is 0 Å². The van der Waals surface area contributed by atoms with Crippen molar-refractivity contribution in [2.24, 2.45) is 0 Å². The summed E-state index contributed by atoms with van der Waals surface area (Å²) in [4.78, 5) is 0. The summed E-state index contributed by atoms with van der Waals surface area (Å²) in [6.45, 7) is 0.315. The maximum atomic E-state index is 8.71. The van der Waals surface area contributed by atoms with E-state index in [-0.39, 0.29) is 12.5 Å². The molecule has 2 aromatic rings. The summed E-state index contributed by atoms with van der Waals surface area (Å²) >= 11 is 0. The first-order valence-corrected chi connectivity index (χ1v) is 6.20. The molecular formula is C17H16O2. The van der Waals surface area contributed by atoms with Crippen molar-refractivity contribution in [2.45, 2.75) is 5.92 Å². The van der Waals surface area contributed by atoms with Gasteiger partial charge in [-0.2, -0.15) is 0 Å². The quantitative estimate of drug-likeness (QED) is 0.829. The molecule has 0 fully saturated rings. The second kappa shape index (κ2) is 6.63. The molecule has 0 aliphatic carbocycles. The highest BCUT2D eigenvalue weighted by Gasteiger charge is 2.10. The summed E-state index contributed by atoms with van der Waals surface area (Å²) in [5.41, 5.74) is 2.17. The van der Waals surface area contributed by atoms with E-state index in [9.17, 15) is 0 Å². The van der Waals surface area contributed by atoms with E-state index in [1.54, 1.807) is 0 Å². The van der Waals surface area contributed by atoms with Crippen LogP contribution in [0.2, 0.25) is 0 Å². The van der Waals surface area contributed by atoms with Crippen molar-refractivity contribution in [1.29, 1.82) is 0 Å². The predicted molar refractivity (Wildman–Crippen MR) is 76.1 cm³/mol. The lowest BCUT2D eigenvalue weighted by Gasteiger charge is -2.12. The molecule has 2 heteroatoms. The van der Waals surface area contributed by atoms with Gasteiger partial charge in [-0.1, -0.05) is 48.4 Å². The summed E-state index contributed by atoms with van der Waals surface area (Å²) in [5.74, 6) is 3.51. The number of rotatable bonds is 5. The van der Waals surface area contributed by atoms with E-state index in [4.69, 9.17) is 16.3 Å². The Morgan fingerprint density at radius 2 is 1.63 bits per heavy atom. The van der Waals surface area contributed by atoms with E-state index >= 15 is 0 Å². The van der Waals surface area contributed by atoms with Gasteiger partial charge in [0.15, 0.2) is 0 Å². The van der Waals surface area contributed by atoms with E-state index in [2.05, 4.69) is 5.92 Å². The molecule has 19 heavy (non-hydrogen) atoms. The van der Waals surface area contributed by atoms with Crippen LogP contribution in [0.5, 0.6) is 5.75 Å². The lowest BCUT2D eigenvalue weighted by molar-refractivity contribution is 0.201. The highest BCUT2D eigenvalue weighted by molar-refractivity contribution is 5.41. The van der Waals surface area contributed by atoms with Gasteiger partial charge in [-0.15, -0.1) is 6.42 Å². The van der Waals surface area contributed by atoms with Gasteiger partial charge >= 0.3 is 0 Å². The van der Waals surface area contributed by atoms with Crippen molar-refractivity contribution in [1.82, 2.24) is 0 Å². The van der Waals surface area contributed by atoms with Crippen molar-refractivity contribution < 1.29 is 9.84 Å². The fourth-order valence-corrected chi connectivity index (χ4v) is 1.95. The SMILES string of the molecule is C#CC(c1ccccc1)c1ccc(OCCO)cc1. The molecule has 2 aromatic carbocycles. The van der Waals surface area contributed by atoms with Crippen LogP contribution in [0, 0.1) is 12.3 Å². The van der Waals surface area contributed by atoms with Crippen LogP contribution in [0.15, 0.2) is 54.6 Å². The standard InChI is InChI=1S/C17H16O2/c1-2-17(14-6-4-3-5-7-14)15-8-10-16(11-9-15)19-13-12-18/h1,3-11,17-18H,12-13H2. The number of aliphatic hydroxyl groups excluding tert-OH is 1. The van der Waals surface area contributed by atoms with Gasteiger partial charge in [0.2, 0.25) is 0 Å². The largest absolute Gasteiger partial charge is 0.491 e. The van der Waals surface area contributed by atoms with E-state index in [0.717, 1.165) is 16.9 Å². The molecule has 0 saturated heterocycles. The third-order valence-electron chi connectivity index (χ3n) is 2.87. The Morgan fingerprint density at radius 1 is 1.00 bits per heavy atom. The predicted octanol–water partition coefficient (Wildman–Crippen LogP) is 2.82. The molecule has 1 unspecified atom stereocenters. The summed E-state index contributed by atoms with van der Waals surface area (Å²) in [5, 5.41) is 8.71. The van der Waals surface area contributed by atoms with Crippen molar-refractivity contribution in [3.05, 3.63) is 65.7 Å². The maximum Gasteiger partial charge on any atom is 0.119 e. The second-order valence-corrected chi connectivity index (χ2v) is 4.15. The minimum absolute atomic E-state index is 0.0126. The summed E-state index contributed by atoms with van der Waals surface area (Å²) in [6.07, 6.45) is 5.64. The number of hydrogen-bond acceptors (Lipinski definition) is 2. The topological polar surface area (TPSA) is 29.5 Å².